The van der Waals surface area contributed by atoms with Gasteiger partial charge in [-0.05, 0) is 31.2 Å². The highest BCUT2D eigenvalue weighted by Gasteiger charge is 2.02. The van der Waals surface area contributed by atoms with Crippen molar-refractivity contribution in [3.05, 3.63) is 42.4 Å². The third-order valence-electron chi connectivity index (χ3n) is 1.94. The van der Waals surface area contributed by atoms with Crippen LogP contribution < -0.4 is 10.5 Å². The number of rotatable bonds is 2. The lowest BCUT2D eigenvalue weighted by atomic mass is 10.3. The van der Waals surface area contributed by atoms with Gasteiger partial charge in [-0.1, -0.05) is 0 Å². The first-order valence-corrected chi connectivity index (χ1v) is 4.57. The molecule has 2 rings (SSSR count). The second kappa shape index (κ2) is 3.96. The van der Waals surface area contributed by atoms with Gasteiger partial charge in [0.25, 0.3) is 0 Å². The van der Waals surface area contributed by atoms with Gasteiger partial charge in [0.15, 0.2) is 0 Å². The van der Waals surface area contributed by atoms with E-state index in [9.17, 15) is 0 Å². The largest absolute Gasteiger partial charge is 0.455 e. The number of nitrogens with zero attached hydrogens (tertiary/aromatic N) is 2. The summed E-state index contributed by atoms with van der Waals surface area (Å²) in [7, 11) is 0. The Bertz CT molecular complexity index is 457. The molecule has 4 heteroatoms. The minimum Gasteiger partial charge on any atom is -0.455 e. The summed E-state index contributed by atoms with van der Waals surface area (Å²) in [6, 6.07) is 7.09. The topological polar surface area (TPSA) is 61.0 Å². The van der Waals surface area contributed by atoms with Crippen LogP contribution in [0.25, 0.3) is 0 Å². The quantitative estimate of drug-likeness (QED) is 0.808. The number of nitrogens with two attached hydrogens (primary N) is 1. The Hall–Kier alpha value is -2.10. The van der Waals surface area contributed by atoms with E-state index >= 15 is 0 Å². The highest BCUT2D eigenvalue weighted by molar-refractivity contribution is 5.39. The Labute approximate surface area is 87.7 Å². The van der Waals surface area contributed by atoms with E-state index in [-0.39, 0.29) is 0 Å². The molecule has 0 aromatic carbocycles. The Morgan fingerprint density at radius 2 is 1.87 bits per heavy atom. The van der Waals surface area contributed by atoms with E-state index in [4.69, 9.17) is 10.5 Å². The predicted octanol–water partition coefficient (Wildman–Crippen LogP) is 2.16. The molecule has 0 aliphatic rings. The Morgan fingerprint density at radius 1 is 1.13 bits per heavy atom. The van der Waals surface area contributed by atoms with E-state index < -0.39 is 0 Å². The zero-order valence-electron chi connectivity index (χ0n) is 8.34. The number of hydrogen-bond acceptors (Lipinski definition) is 4. The Balaban J connectivity index is 2.25. The van der Waals surface area contributed by atoms with Crippen molar-refractivity contribution in [2.75, 3.05) is 5.73 Å². The minimum atomic E-state index is 0.495. The fraction of sp³-hybridized carbons (Fsp3) is 0.0909. The SMILES string of the molecule is Cc1nc(N)ccc1Oc1ccncc1. The molecule has 2 aromatic rings. The number of nitrogen functional groups attached to an aromatic ring is 1. The first kappa shape index (κ1) is 9.45. The normalized spacial score (nSPS) is 9.93. The van der Waals surface area contributed by atoms with Gasteiger partial charge in [-0.3, -0.25) is 4.98 Å². The summed E-state index contributed by atoms with van der Waals surface area (Å²) in [5, 5.41) is 0. The third kappa shape index (κ3) is 2.22. The molecule has 2 aromatic heterocycles. The summed E-state index contributed by atoms with van der Waals surface area (Å²) < 4.78 is 5.61. The number of aryl methyl sites for hydroxylation is 1. The van der Waals surface area contributed by atoms with Crippen LogP contribution in [0.4, 0.5) is 5.82 Å². The fourth-order valence-corrected chi connectivity index (χ4v) is 1.21. The maximum atomic E-state index is 5.61. The van der Waals surface area contributed by atoms with Crippen molar-refractivity contribution in [2.45, 2.75) is 6.92 Å². The molecule has 0 unspecified atom stereocenters. The van der Waals surface area contributed by atoms with Gasteiger partial charge >= 0.3 is 0 Å². The minimum absolute atomic E-state index is 0.495. The molecule has 76 valence electrons. The first-order chi connectivity index (χ1) is 7.25. The monoisotopic (exact) mass is 201 g/mol. The standard InChI is InChI=1S/C11H11N3O/c1-8-10(2-3-11(12)14-8)15-9-4-6-13-7-5-9/h2-7H,1H3,(H2,12,14). The van der Waals surface area contributed by atoms with E-state index in [0.717, 1.165) is 11.4 Å². The summed E-state index contributed by atoms with van der Waals surface area (Å²) in [6.07, 6.45) is 3.35. The maximum Gasteiger partial charge on any atom is 0.148 e. The lowest BCUT2D eigenvalue weighted by Crippen LogP contribution is -1.95. The van der Waals surface area contributed by atoms with E-state index in [1.165, 1.54) is 0 Å². The number of pyridine rings is 2. The molecule has 0 spiro atoms. The van der Waals surface area contributed by atoms with Gasteiger partial charge in [-0.15, -0.1) is 0 Å². The fourth-order valence-electron chi connectivity index (χ4n) is 1.21. The number of hydrogen-bond donors (Lipinski definition) is 1. The van der Waals surface area contributed by atoms with Crippen LogP contribution in [0.1, 0.15) is 5.69 Å². The smallest absolute Gasteiger partial charge is 0.148 e. The molecule has 2 heterocycles. The predicted molar refractivity (Wildman–Crippen MR) is 57.7 cm³/mol. The summed E-state index contributed by atoms with van der Waals surface area (Å²) >= 11 is 0. The third-order valence-corrected chi connectivity index (χ3v) is 1.94. The van der Waals surface area contributed by atoms with Gasteiger partial charge in [0.2, 0.25) is 0 Å². The average molecular weight is 201 g/mol. The van der Waals surface area contributed by atoms with Crippen molar-refractivity contribution in [1.82, 2.24) is 9.97 Å². The van der Waals surface area contributed by atoms with Crippen molar-refractivity contribution in [1.29, 1.82) is 0 Å². The lowest BCUT2D eigenvalue weighted by molar-refractivity contribution is 0.475. The molecule has 0 saturated carbocycles. The molecule has 0 radical (unpaired) electrons. The number of ether oxygens (including phenoxy) is 1. The van der Waals surface area contributed by atoms with Crippen molar-refractivity contribution < 1.29 is 4.74 Å². The van der Waals surface area contributed by atoms with Gasteiger partial charge in [0.1, 0.15) is 17.3 Å². The van der Waals surface area contributed by atoms with E-state index in [1.54, 1.807) is 36.7 Å². The number of aromatic nitrogens is 2. The first-order valence-electron chi connectivity index (χ1n) is 4.57. The van der Waals surface area contributed by atoms with Gasteiger partial charge in [0, 0.05) is 12.4 Å². The molecule has 0 aliphatic carbocycles. The van der Waals surface area contributed by atoms with Crippen LogP contribution in [0.2, 0.25) is 0 Å². The summed E-state index contributed by atoms with van der Waals surface area (Å²) in [4.78, 5) is 8.01. The molecule has 0 bridgehead atoms. The second-order valence-electron chi connectivity index (χ2n) is 3.10. The molecular formula is C11H11N3O. The van der Waals surface area contributed by atoms with E-state index in [2.05, 4.69) is 9.97 Å². The molecule has 0 aliphatic heterocycles. The molecule has 0 saturated heterocycles. The second-order valence-corrected chi connectivity index (χ2v) is 3.10. The number of anilines is 1. The molecule has 4 nitrogen and oxygen atoms in total. The van der Waals surface area contributed by atoms with Crippen LogP contribution in [0, 0.1) is 6.92 Å². The van der Waals surface area contributed by atoms with E-state index in [0.29, 0.717) is 11.6 Å². The maximum absolute atomic E-state index is 5.61. The van der Waals surface area contributed by atoms with Gasteiger partial charge < -0.3 is 10.5 Å². The van der Waals surface area contributed by atoms with Gasteiger partial charge in [-0.2, -0.15) is 0 Å². The van der Waals surface area contributed by atoms with Crippen molar-refractivity contribution in [3.8, 4) is 11.5 Å². The van der Waals surface area contributed by atoms with E-state index in [1.807, 2.05) is 6.92 Å². The lowest BCUT2D eigenvalue weighted by Gasteiger charge is -2.07. The Morgan fingerprint density at radius 3 is 2.53 bits per heavy atom. The summed E-state index contributed by atoms with van der Waals surface area (Å²) in [5.41, 5.74) is 6.31. The highest BCUT2D eigenvalue weighted by atomic mass is 16.5. The summed E-state index contributed by atoms with van der Waals surface area (Å²) in [6.45, 7) is 1.85. The van der Waals surface area contributed by atoms with Crippen LogP contribution in [0.5, 0.6) is 11.5 Å². The molecule has 15 heavy (non-hydrogen) atoms. The van der Waals surface area contributed by atoms with Crippen LogP contribution >= 0.6 is 0 Å². The Kier molecular flexibility index (Phi) is 2.49. The molecule has 0 atom stereocenters. The van der Waals surface area contributed by atoms with Crippen LogP contribution in [0.15, 0.2) is 36.7 Å². The molecule has 2 N–H and O–H groups in total. The summed E-state index contributed by atoms with van der Waals surface area (Å²) in [5.74, 6) is 1.93. The van der Waals surface area contributed by atoms with Crippen molar-refractivity contribution >= 4 is 5.82 Å². The molecule has 0 fully saturated rings. The van der Waals surface area contributed by atoms with Gasteiger partial charge in [-0.25, -0.2) is 4.98 Å². The molecule has 0 amide bonds. The molecular weight excluding hydrogens is 190 g/mol. The highest BCUT2D eigenvalue weighted by Crippen LogP contribution is 2.23. The van der Waals surface area contributed by atoms with Crippen LogP contribution in [0.3, 0.4) is 0 Å². The van der Waals surface area contributed by atoms with Crippen molar-refractivity contribution in [3.63, 3.8) is 0 Å². The van der Waals surface area contributed by atoms with Crippen molar-refractivity contribution in [2.24, 2.45) is 0 Å². The van der Waals surface area contributed by atoms with Crippen LogP contribution in [-0.2, 0) is 0 Å². The van der Waals surface area contributed by atoms with Crippen LogP contribution in [-0.4, -0.2) is 9.97 Å². The zero-order chi connectivity index (χ0) is 10.7. The average Bonchev–Trinajstić information content (AvgIpc) is 2.24. The zero-order valence-corrected chi connectivity index (χ0v) is 8.34. The van der Waals surface area contributed by atoms with Gasteiger partial charge in [0.05, 0.1) is 5.69 Å².